The monoisotopic (exact) mass is 349 g/mol. The van der Waals surface area contributed by atoms with Gasteiger partial charge in [0.2, 0.25) is 0 Å². The molecule has 0 aliphatic carbocycles. The highest BCUT2D eigenvalue weighted by molar-refractivity contribution is 9.10. The van der Waals surface area contributed by atoms with Crippen molar-refractivity contribution < 1.29 is 19.4 Å². The average Bonchev–Trinajstić information content (AvgIpc) is 2.49. The van der Waals surface area contributed by atoms with Gasteiger partial charge in [0.1, 0.15) is 19.0 Å². The number of phenolic OH excluding ortho intramolecular Hbond substituents is 1. The lowest BCUT2D eigenvalue weighted by molar-refractivity contribution is 0.102. The first-order valence-electron chi connectivity index (χ1n) is 6.33. The van der Waals surface area contributed by atoms with E-state index in [1.165, 1.54) is 6.07 Å². The molecule has 5 nitrogen and oxygen atoms in total. The number of anilines is 1. The molecule has 108 valence electrons. The maximum absolute atomic E-state index is 12.2. The Labute approximate surface area is 129 Å². The third-order valence-electron chi connectivity index (χ3n) is 3.00. The van der Waals surface area contributed by atoms with E-state index in [2.05, 4.69) is 21.2 Å². The van der Waals surface area contributed by atoms with Crippen LogP contribution in [0, 0.1) is 0 Å². The van der Waals surface area contributed by atoms with Gasteiger partial charge in [-0.15, -0.1) is 0 Å². The number of carbonyl (C=O) groups excluding carboxylic acids is 1. The van der Waals surface area contributed by atoms with Crippen molar-refractivity contribution in [2.75, 3.05) is 18.5 Å². The molecule has 3 rings (SSSR count). The second-order valence-electron chi connectivity index (χ2n) is 4.47. The van der Waals surface area contributed by atoms with Crippen molar-refractivity contribution >= 4 is 27.5 Å². The number of carbonyl (C=O) groups is 1. The topological polar surface area (TPSA) is 67.8 Å². The maximum Gasteiger partial charge on any atom is 0.259 e. The minimum Gasteiger partial charge on any atom is -0.507 e. The van der Waals surface area contributed by atoms with Gasteiger partial charge < -0.3 is 19.9 Å². The molecule has 0 fully saturated rings. The second kappa shape index (κ2) is 5.65. The van der Waals surface area contributed by atoms with E-state index in [0.29, 0.717) is 34.9 Å². The van der Waals surface area contributed by atoms with Gasteiger partial charge in [-0.25, -0.2) is 0 Å². The molecular formula is C15H12BrNO4. The quantitative estimate of drug-likeness (QED) is 0.873. The summed E-state index contributed by atoms with van der Waals surface area (Å²) < 4.78 is 11.6. The van der Waals surface area contributed by atoms with Crippen molar-refractivity contribution in [3.05, 3.63) is 46.4 Å². The first-order valence-corrected chi connectivity index (χ1v) is 7.12. The Morgan fingerprint density at radius 1 is 1.10 bits per heavy atom. The number of amides is 1. The summed E-state index contributed by atoms with van der Waals surface area (Å²) in [6.07, 6.45) is 0. The summed E-state index contributed by atoms with van der Waals surface area (Å²) in [7, 11) is 0. The molecule has 1 amide bonds. The molecule has 0 aromatic heterocycles. The van der Waals surface area contributed by atoms with Crippen molar-refractivity contribution in [2.45, 2.75) is 0 Å². The zero-order valence-electron chi connectivity index (χ0n) is 10.9. The van der Waals surface area contributed by atoms with E-state index in [0.717, 1.165) is 0 Å². The van der Waals surface area contributed by atoms with Gasteiger partial charge in [-0.1, -0.05) is 15.9 Å². The van der Waals surface area contributed by atoms with Crippen LogP contribution in [0.2, 0.25) is 0 Å². The van der Waals surface area contributed by atoms with Gasteiger partial charge in [0, 0.05) is 16.2 Å². The fraction of sp³-hybridized carbons (Fsp3) is 0.133. The van der Waals surface area contributed by atoms with E-state index < -0.39 is 5.91 Å². The van der Waals surface area contributed by atoms with E-state index in [4.69, 9.17) is 9.47 Å². The Bertz CT molecular complexity index is 702. The summed E-state index contributed by atoms with van der Waals surface area (Å²) in [4.78, 5) is 12.2. The largest absolute Gasteiger partial charge is 0.507 e. The molecular weight excluding hydrogens is 338 g/mol. The summed E-state index contributed by atoms with van der Waals surface area (Å²) in [5.41, 5.74) is 0.767. The van der Waals surface area contributed by atoms with Crippen molar-refractivity contribution in [1.82, 2.24) is 0 Å². The fourth-order valence-electron chi connectivity index (χ4n) is 2.01. The van der Waals surface area contributed by atoms with Crippen molar-refractivity contribution in [3.63, 3.8) is 0 Å². The third kappa shape index (κ3) is 2.95. The average molecular weight is 350 g/mol. The first-order chi connectivity index (χ1) is 10.1. The van der Waals surface area contributed by atoms with Gasteiger partial charge in [-0.2, -0.15) is 0 Å². The zero-order valence-corrected chi connectivity index (χ0v) is 12.5. The van der Waals surface area contributed by atoms with Crippen molar-refractivity contribution in [3.8, 4) is 17.2 Å². The van der Waals surface area contributed by atoms with Crippen LogP contribution >= 0.6 is 15.9 Å². The third-order valence-corrected chi connectivity index (χ3v) is 3.50. The highest BCUT2D eigenvalue weighted by Gasteiger charge is 2.15. The van der Waals surface area contributed by atoms with Gasteiger partial charge in [-0.3, -0.25) is 4.79 Å². The Balaban J connectivity index is 1.83. The summed E-state index contributed by atoms with van der Waals surface area (Å²) >= 11 is 3.27. The van der Waals surface area contributed by atoms with Crippen molar-refractivity contribution in [2.24, 2.45) is 0 Å². The molecule has 2 N–H and O–H groups in total. The number of nitrogens with one attached hydrogen (secondary N) is 1. The van der Waals surface area contributed by atoms with Crippen LogP contribution < -0.4 is 14.8 Å². The van der Waals surface area contributed by atoms with Gasteiger partial charge in [-0.05, 0) is 30.3 Å². The molecule has 1 heterocycles. The van der Waals surface area contributed by atoms with Gasteiger partial charge in [0.25, 0.3) is 5.91 Å². The highest BCUT2D eigenvalue weighted by atomic mass is 79.9. The van der Waals surface area contributed by atoms with Gasteiger partial charge in [0.05, 0.1) is 5.56 Å². The molecule has 0 saturated carbocycles. The minimum absolute atomic E-state index is 0.0757. The van der Waals surface area contributed by atoms with E-state index in [-0.39, 0.29) is 11.3 Å². The van der Waals surface area contributed by atoms with Crippen LogP contribution in [-0.2, 0) is 0 Å². The standard InChI is InChI=1S/C15H12BrNO4/c16-9-1-3-12(18)11(7-9)15(19)17-10-2-4-13-14(8-10)21-6-5-20-13/h1-4,7-8,18H,5-6H2,(H,17,19). The Morgan fingerprint density at radius 3 is 2.67 bits per heavy atom. The van der Waals surface area contributed by atoms with E-state index in [9.17, 15) is 9.90 Å². The normalized spacial score (nSPS) is 12.8. The Kier molecular flexibility index (Phi) is 3.70. The molecule has 2 aromatic rings. The van der Waals surface area contributed by atoms with Crippen LogP contribution in [0.3, 0.4) is 0 Å². The molecule has 6 heteroatoms. The number of fused-ring (bicyclic) bond motifs is 1. The molecule has 0 spiro atoms. The lowest BCUT2D eigenvalue weighted by Gasteiger charge is -2.19. The number of phenols is 1. The molecule has 21 heavy (non-hydrogen) atoms. The Morgan fingerprint density at radius 2 is 1.86 bits per heavy atom. The second-order valence-corrected chi connectivity index (χ2v) is 5.39. The Hall–Kier alpha value is -2.21. The lowest BCUT2D eigenvalue weighted by atomic mass is 10.2. The lowest BCUT2D eigenvalue weighted by Crippen LogP contribution is -2.16. The number of hydrogen-bond donors (Lipinski definition) is 2. The van der Waals surface area contributed by atoms with Crippen LogP contribution in [0.4, 0.5) is 5.69 Å². The zero-order chi connectivity index (χ0) is 14.8. The summed E-state index contributed by atoms with van der Waals surface area (Å²) in [5.74, 6) is 0.779. The number of halogens is 1. The molecule has 0 atom stereocenters. The molecule has 0 unspecified atom stereocenters. The maximum atomic E-state index is 12.2. The van der Waals surface area contributed by atoms with Crippen LogP contribution in [0.5, 0.6) is 17.2 Å². The molecule has 0 radical (unpaired) electrons. The number of hydrogen-bond acceptors (Lipinski definition) is 4. The van der Waals surface area contributed by atoms with E-state index >= 15 is 0 Å². The molecule has 2 aromatic carbocycles. The first kappa shape index (κ1) is 13.8. The summed E-state index contributed by atoms with van der Waals surface area (Å²) in [6, 6.07) is 9.84. The predicted molar refractivity (Wildman–Crippen MR) is 81.2 cm³/mol. The number of aromatic hydroxyl groups is 1. The predicted octanol–water partition coefficient (Wildman–Crippen LogP) is 3.18. The minimum atomic E-state index is -0.398. The van der Waals surface area contributed by atoms with Gasteiger partial charge in [0.15, 0.2) is 11.5 Å². The molecule has 0 bridgehead atoms. The SMILES string of the molecule is O=C(Nc1ccc2c(c1)OCCO2)c1cc(Br)ccc1O. The highest BCUT2D eigenvalue weighted by Crippen LogP contribution is 2.33. The van der Waals surface area contributed by atoms with Crippen LogP contribution in [0.25, 0.3) is 0 Å². The van der Waals surface area contributed by atoms with E-state index in [1.807, 2.05) is 0 Å². The van der Waals surface area contributed by atoms with Crippen molar-refractivity contribution in [1.29, 1.82) is 0 Å². The smallest absolute Gasteiger partial charge is 0.259 e. The molecule has 1 aliphatic rings. The molecule has 1 aliphatic heterocycles. The van der Waals surface area contributed by atoms with Crippen LogP contribution in [0.1, 0.15) is 10.4 Å². The van der Waals surface area contributed by atoms with Crippen LogP contribution in [-0.4, -0.2) is 24.2 Å². The summed E-state index contributed by atoms with van der Waals surface area (Å²) in [5, 5.41) is 12.5. The van der Waals surface area contributed by atoms with E-state index in [1.54, 1.807) is 30.3 Å². The number of rotatable bonds is 2. The van der Waals surface area contributed by atoms with Crippen LogP contribution in [0.15, 0.2) is 40.9 Å². The summed E-state index contributed by atoms with van der Waals surface area (Å²) in [6.45, 7) is 1.00. The number of benzene rings is 2. The molecule has 0 saturated heterocycles. The number of ether oxygens (including phenoxy) is 2. The van der Waals surface area contributed by atoms with Gasteiger partial charge >= 0.3 is 0 Å². The fourth-order valence-corrected chi connectivity index (χ4v) is 2.37.